The number of Topliss-reactive ketones (excluding diaryl/α,β-unsaturated/α-hetero) is 1. The van der Waals surface area contributed by atoms with Gasteiger partial charge in [0, 0.05) is 124 Å². The number of rotatable bonds is 50. The second-order valence-corrected chi connectivity index (χ2v) is 21.1. The molecule has 0 heterocycles. The van der Waals surface area contributed by atoms with Gasteiger partial charge in [-0.1, -0.05) is 7.43 Å². The predicted molar refractivity (Wildman–Crippen MR) is 296 cm³/mol. The van der Waals surface area contributed by atoms with Gasteiger partial charge in [-0.3, -0.25) is 67.1 Å². The summed E-state index contributed by atoms with van der Waals surface area (Å²) in [4.78, 5) is 178. The number of carbonyl (C=O) groups is 15. The summed E-state index contributed by atoms with van der Waals surface area (Å²) in [5.41, 5.74) is -6.79. The van der Waals surface area contributed by atoms with Gasteiger partial charge in [0.1, 0.15) is 5.78 Å². The molecule has 0 radical (unpaired) electrons. The first kappa shape index (κ1) is 81.4. The number of amides is 3. The molecule has 0 aliphatic rings. The van der Waals surface area contributed by atoms with Gasteiger partial charge in [-0.05, 0) is 117 Å². The minimum Gasteiger partial charge on any atom is -0.481 e. The van der Waals surface area contributed by atoms with E-state index in [1.165, 1.54) is 14.0 Å². The number of carboxylic acids is 11. The maximum atomic E-state index is 13.8. The van der Waals surface area contributed by atoms with Crippen LogP contribution in [0.25, 0.3) is 0 Å². The van der Waals surface area contributed by atoms with E-state index >= 15 is 0 Å². The third-order valence-corrected chi connectivity index (χ3v) is 14.7. The summed E-state index contributed by atoms with van der Waals surface area (Å²) < 4.78 is 0. The zero-order chi connectivity index (χ0) is 64.9. The molecular weight excluding hydrogens is 1130 g/mol. The Morgan fingerprint density at radius 2 is 0.365 bits per heavy atom. The van der Waals surface area contributed by atoms with Gasteiger partial charge in [0.15, 0.2) is 0 Å². The number of carboxylic acid groups (broad SMARTS) is 11. The number of aliphatic carboxylic acids is 11. The molecule has 0 spiro atoms. The van der Waals surface area contributed by atoms with Gasteiger partial charge in [-0.25, -0.2) is 0 Å². The van der Waals surface area contributed by atoms with E-state index < -0.39 is 182 Å². The predicted octanol–water partition coefficient (Wildman–Crippen LogP) is 3.31. The fourth-order valence-electron chi connectivity index (χ4n) is 9.54. The van der Waals surface area contributed by atoms with Crippen molar-refractivity contribution < 1.29 is 128 Å². The SMILES string of the molecule is C.CNC(CCC(=O)NC(CCC(C)=O)(CCC(=O)O)CCC(=O)O)(CCC(=O)NC(CCC(=O)O)(CCC(=O)O)CCC(=O)O)CCC(=O)NC(CCC(=O)O)(CCC(=O)O)CCC(=O)O.CNC(CCC(=O)O)(CCC(=O)O)CCC(=O)O. The Bertz CT molecular complexity index is 1910. The van der Waals surface area contributed by atoms with Crippen molar-refractivity contribution in [2.75, 3.05) is 14.1 Å². The van der Waals surface area contributed by atoms with Crippen molar-refractivity contribution in [3.8, 4) is 0 Å². The third-order valence-electron chi connectivity index (χ3n) is 14.7. The highest BCUT2D eigenvalue weighted by atomic mass is 16.4. The van der Waals surface area contributed by atoms with Gasteiger partial charge >= 0.3 is 65.7 Å². The van der Waals surface area contributed by atoms with Crippen molar-refractivity contribution in [3.63, 3.8) is 0 Å². The highest BCUT2D eigenvalue weighted by Gasteiger charge is 2.39. The standard InChI is InChI=1S/C42H66N4O20.C11H19NO6.CH4/c1-27(47)3-15-40(19-7-31(51)52,20-8-32(53)54)44-28(48)4-16-39(43-2,17-5-29(49)45-41(21-9-33(55)56,22-10-34(57)58)23-11-35(59)60)18-6-30(50)46-42(24-12-36(61)62,25-13-37(63)64)26-14-38(65)66;1-12-11(5-2-8(13)14,6-3-9(15)16)7-4-10(17)18;/h43H,3-26H2,1-2H3,(H,44,48)(H,45,49)(H,46,50)(H,51,52)(H,53,54)(H,55,56)(H,57,58)(H,59,60)(H,61,62)(H,63,64)(H,65,66);12H,2-7H2,1H3,(H,13,14)(H,15,16)(H,17,18);1H4. The minimum absolute atomic E-state index is 0. The van der Waals surface area contributed by atoms with E-state index in [1.54, 1.807) is 7.05 Å². The average Bonchev–Trinajstić information content (AvgIpc) is 3.39. The molecule has 16 N–H and O–H groups in total. The first-order chi connectivity index (χ1) is 38.9. The fraction of sp³-hybridized carbons (Fsp3) is 0.722. The monoisotopic (exact) mass is 1220 g/mol. The van der Waals surface area contributed by atoms with Crippen molar-refractivity contribution in [1.82, 2.24) is 26.6 Å². The lowest BCUT2D eigenvalue weighted by atomic mass is 9.80. The summed E-state index contributed by atoms with van der Waals surface area (Å²) in [5.74, 6) is -15.9. The van der Waals surface area contributed by atoms with E-state index in [0.29, 0.717) is 0 Å². The average molecular weight is 1220 g/mol. The Kier molecular flexibility index (Phi) is 39.5. The first-order valence-corrected chi connectivity index (χ1v) is 27.1. The minimum atomic E-state index is -1.60. The molecule has 0 fully saturated rings. The smallest absolute Gasteiger partial charge is 0.303 e. The van der Waals surface area contributed by atoms with Gasteiger partial charge < -0.3 is 87.6 Å². The van der Waals surface area contributed by atoms with Crippen molar-refractivity contribution >= 4 is 89.2 Å². The lowest BCUT2D eigenvalue weighted by Crippen LogP contribution is -2.52. The summed E-state index contributed by atoms with van der Waals surface area (Å²) >= 11 is 0. The summed E-state index contributed by atoms with van der Waals surface area (Å²) in [5, 5.41) is 115. The highest BCUT2D eigenvalue weighted by molar-refractivity contribution is 5.80. The van der Waals surface area contributed by atoms with Crippen LogP contribution in [-0.2, 0) is 71.9 Å². The largest absolute Gasteiger partial charge is 0.481 e. The molecule has 0 saturated carbocycles. The molecule has 0 bridgehead atoms. The molecule has 0 unspecified atom stereocenters. The lowest BCUT2D eigenvalue weighted by molar-refractivity contribution is -0.141. The van der Waals surface area contributed by atoms with Gasteiger partial charge in [0.25, 0.3) is 0 Å². The molecule has 31 nitrogen and oxygen atoms in total. The number of nitrogens with one attached hydrogen (secondary N) is 5. The summed E-state index contributed by atoms with van der Waals surface area (Å²) in [6.07, 6.45) is -8.81. The normalized spacial score (nSPS) is 11.5. The van der Waals surface area contributed by atoms with Crippen LogP contribution in [-0.4, -0.2) is 187 Å². The van der Waals surface area contributed by atoms with E-state index in [-0.39, 0.29) is 135 Å². The van der Waals surface area contributed by atoms with E-state index in [2.05, 4.69) is 26.6 Å². The number of hydrogen-bond acceptors (Lipinski definition) is 17. The maximum absolute atomic E-state index is 13.8. The van der Waals surface area contributed by atoms with Crippen LogP contribution >= 0.6 is 0 Å². The quantitative estimate of drug-likeness (QED) is 0.0415. The number of hydrogen-bond donors (Lipinski definition) is 16. The highest BCUT2D eigenvalue weighted by Crippen LogP contribution is 2.33. The van der Waals surface area contributed by atoms with Crippen molar-refractivity contribution in [2.45, 2.75) is 235 Å². The van der Waals surface area contributed by atoms with E-state index in [0.717, 1.165) is 0 Å². The second-order valence-electron chi connectivity index (χ2n) is 21.1. The molecule has 0 aromatic rings. The van der Waals surface area contributed by atoms with Crippen LogP contribution in [0.15, 0.2) is 0 Å². The Morgan fingerprint density at radius 3 is 0.494 bits per heavy atom. The van der Waals surface area contributed by atoms with Crippen molar-refractivity contribution in [1.29, 1.82) is 0 Å². The van der Waals surface area contributed by atoms with Crippen molar-refractivity contribution in [2.24, 2.45) is 0 Å². The molecule has 0 aromatic carbocycles. The molecule has 0 aromatic heterocycles. The molecule has 0 aliphatic heterocycles. The molecule has 0 aliphatic carbocycles. The molecule has 486 valence electrons. The topological polar surface area (TPSA) is 539 Å². The zero-order valence-electron chi connectivity index (χ0n) is 47.8. The number of carbonyl (C=O) groups excluding carboxylic acids is 4. The molecule has 85 heavy (non-hydrogen) atoms. The van der Waals surface area contributed by atoms with E-state index in [1.807, 2.05) is 0 Å². The molecule has 31 heteroatoms. The van der Waals surface area contributed by atoms with Crippen LogP contribution in [0.5, 0.6) is 0 Å². The summed E-state index contributed by atoms with van der Waals surface area (Å²) in [6.45, 7) is 1.26. The number of ketones is 1. The van der Waals surface area contributed by atoms with E-state index in [4.69, 9.17) is 15.3 Å². The van der Waals surface area contributed by atoms with Gasteiger partial charge in [0.2, 0.25) is 17.7 Å². The Hall–Kier alpha value is -7.83. The van der Waals surface area contributed by atoms with Gasteiger partial charge in [-0.2, -0.15) is 0 Å². The lowest BCUT2D eigenvalue weighted by Gasteiger charge is -2.38. The van der Waals surface area contributed by atoms with Crippen LogP contribution < -0.4 is 26.6 Å². The Balaban J connectivity index is -0.00000301. The van der Waals surface area contributed by atoms with Gasteiger partial charge in [0.05, 0.1) is 0 Å². The van der Waals surface area contributed by atoms with Crippen molar-refractivity contribution in [3.05, 3.63) is 0 Å². The van der Waals surface area contributed by atoms with Crippen LogP contribution in [0.4, 0.5) is 0 Å². The molecule has 3 amide bonds. The molecular formula is C54H89N5O26. The van der Waals surface area contributed by atoms with Crippen LogP contribution in [0, 0.1) is 0 Å². The van der Waals surface area contributed by atoms with Crippen LogP contribution in [0.2, 0.25) is 0 Å². The summed E-state index contributed by atoms with van der Waals surface area (Å²) in [6, 6.07) is 0. The third kappa shape index (κ3) is 39.4. The fourth-order valence-corrected chi connectivity index (χ4v) is 9.54. The van der Waals surface area contributed by atoms with Gasteiger partial charge in [-0.15, -0.1) is 0 Å². The summed E-state index contributed by atoms with van der Waals surface area (Å²) in [7, 11) is 3.02. The second kappa shape index (κ2) is 41.2. The molecule has 0 saturated heterocycles. The maximum Gasteiger partial charge on any atom is 0.303 e. The Labute approximate surface area is 491 Å². The molecule has 0 atom stereocenters. The molecule has 0 rings (SSSR count). The first-order valence-electron chi connectivity index (χ1n) is 27.1. The van der Waals surface area contributed by atoms with Crippen LogP contribution in [0.1, 0.15) is 207 Å². The zero-order valence-corrected chi connectivity index (χ0v) is 47.8. The van der Waals surface area contributed by atoms with E-state index in [9.17, 15) is 113 Å². The van der Waals surface area contributed by atoms with Crippen LogP contribution in [0.3, 0.4) is 0 Å². The Morgan fingerprint density at radius 1 is 0.235 bits per heavy atom.